The van der Waals surface area contributed by atoms with Gasteiger partial charge in [0.25, 0.3) is 11.5 Å². The number of fused-ring (bicyclic) bond motifs is 1. The van der Waals surface area contributed by atoms with Gasteiger partial charge in [0.1, 0.15) is 16.4 Å². The van der Waals surface area contributed by atoms with E-state index in [-0.39, 0.29) is 22.0 Å². The number of hydrogen-bond donors (Lipinski definition) is 1. The zero-order chi connectivity index (χ0) is 28.6. The van der Waals surface area contributed by atoms with Crippen molar-refractivity contribution in [2.75, 3.05) is 36.4 Å². The van der Waals surface area contributed by atoms with Crippen LogP contribution in [-0.2, 0) is 4.74 Å². The van der Waals surface area contributed by atoms with E-state index in [2.05, 4.69) is 15.4 Å². The number of anilines is 2. The standard InChI is InChI=1S/C28H29FN6O4S/c1-17-8-10-18(11-9-17)35-25(36)22-19(16-40-24(22)31-27(38)39-28(2,3)4)23(32-35)26(37)34-14-12-33(13-15-34)21-7-5-6-20(29)30-21/h5-11,16H,12-15H2,1-4H3,(H,31,38). The Kier molecular flexibility index (Phi) is 7.28. The van der Waals surface area contributed by atoms with Gasteiger partial charge in [-0.1, -0.05) is 23.8 Å². The quantitative estimate of drug-likeness (QED) is 0.361. The van der Waals surface area contributed by atoms with Gasteiger partial charge in [-0.2, -0.15) is 14.2 Å². The van der Waals surface area contributed by atoms with Crippen molar-refractivity contribution in [2.45, 2.75) is 33.3 Å². The molecule has 4 aromatic rings. The predicted molar refractivity (Wildman–Crippen MR) is 152 cm³/mol. The Morgan fingerprint density at radius 1 is 1.05 bits per heavy atom. The normalized spacial score (nSPS) is 13.9. The number of ether oxygens (including phenoxy) is 1. The van der Waals surface area contributed by atoms with Crippen LogP contribution in [-0.4, -0.2) is 63.4 Å². The van der Waals surface area contributed by atoms with Gasteiger partial charge < -0.3 is 14.5 Å². The third-order valence-electron chi connectivity index (χ3n) is 6.34. The highest BCUT2D eigenvalue weighted by Crippen LogP contribution is 2.31. The summed E-state index contributed by atoms with van der Waals surface area (Å²) >= 11 is 1.13. The summed E-state index contributed by atoms with van der Waals surface area (Å²) in [7, 11) is 0. The lowest BCUT2D eigenvalue weighted by Gasteiger charge is -2.35. The molecule has 0 spiro atoms. The fourth-order valence-electron chi connectivity index (χ4n) is 4.42. The lowest BCUT2D eigenvalue weighted by Crippen LogP contribution is -2.49. The molecule has 40 heavy (non-hydrogen) atoms. The van der Waals surface area contributed by atoms with Crippen LogP contribution in [0.1, 0.15) is 36.8 Å². The second kappa shape index (κ2) is 10.7. The van der Waals surface area contributed by atoms with Crippen LogP contribution in [0.5, 0.6) is 0 Å². The Bertz CT molecular complexity index is 1640. The molecule has 1 aliphatic rings. The van der Waals surface area contributed by atoms with Gasteiger partial charge in [0.2, 0.25) is 5.95 Å². The molecule has 10 nitrogen and oxygen atoms in total. The molecular formula is C28H29FN6O4S. The van der Waals surface area contributed by atoms with Crippen molar-refractivity contribution in [1.29, 1.82) is 0 Å². The number of aromatic nitrogens is 3. The summed E-state index contributed by atoms with van der Waals surface area (Å²) in [6.07, 6.45) is -0.704. The van der Waals surface area contributed by atoms with Gasteiger partial charge in [-0.25, -0.2) is 9.78 Å². The van der Waals surface area contributed by atoms with Crippen LogP contribution < -0.4 is 15.8 Å². The molecular weight excluding hydrogens is 535 g/mol. The average Bonchev–Trinajstić information content (AvgIpc) is 3.32. The van der Waals surface area contributed by atoms with Crippen LogP contribution in [0.25, 0.3) is 16.5 Å². The molecule has 2 amide bonds. The number of pyridine rings is 1. The van der Waals surface area contributed by atoms with E-state index in [0.717, 1.165) is 16.9 Å². The summed E-state index contributed by atoms with van der Waals surface area (Å²) in [5, 5.41) is 9.64. The second-order valence-corrected chi connectivity index (χ2v) is 11.4. The molecule has 4 heterocycles. The van der Waals surface area contributed by atoms with E-state index in [1.54, 1.807) is 55.3 Å². The summed E-state index contributed by atoms with van der Waals surface area (Å²) in [5.74, 6) is -0.398. The van der Waals surface area contributed by atoms with Crippen LogP contribution in [0.4, 0.5) is 20.0 Å². The molecule has 12 heteroatoms. The van der Waals surface area contributed by atoms with Crippen molar-refractivity contribution in [3.05, 3.63) is 75.4 Å². The average molecular weight is 565 g/mol. The number of nitrogens with zero attached hydrogens (tertiary/aromatic N) is 5. The van der Waals surface area contributed by atoms with E-state index in [0.29, 0.717) is 43.1 Å². The minimum absolute atomic E-state index is 0.0981. The third kappa shape index (κ3) is 5.67. The summed E-state index contributed by atoms with van der Waals surface area (Å²) < 4.78 is 20.2. The molecule has 1 fully saturated rings. The monoisotopic (exact) mass is 564 g/mol. The van der Waals surface area contributed by atoms with E-state index in [9.17, 15) is 18.8 Å². The third-order valence-corrected chi connectivity index (χ3v) is 7.23. The van der Waals surface area contributed by atoms with Crippen LogP contribution in [0, 0.1) is 12.9 Å². The lowest BCUT2D eigenvalue weighted by molar-refractivity contribution is 0.0636. The largest absolute Gasteiger partial charge is 0.444 e. The Balaban J connectivity index is 1.51. The molecule has 1 saturated heterocycles. The SMILES string of the molecule is Cc1ccc(-n2nc(C(=O)N3CCN(c4cccc(F)n4)CC3)c3csc(NC(=O)OC(C)(C)C)c3c2=O)cc1. The van der Waals surface area contributed by atoms with E-state index >= 15 is 0 Å². The van der Waals surface area contributed by atoms with E-state index in [1.165, 1.54) is 10.7 Å². The number of hydrogen-bond acceptors (Lipinski definition) is 8. The smallest absolute Gasteiger partial charge is 0.412 e. The molecule has 3 aromatic heterocycles. The fraction of sp³-hybridized carbons (Fsp3) is 0.321. The summed E-state index contributed by atoms with van der Waals surface area (Å²) in [6, 6.07) is 11.8. The van der Waals surface area contributed by atoms with Crippen LogP contribution >= 0.6 is 11.3 Å². The molecule has 0 radical (unpaired) electrons. The maximum absolute atomic E-state index is 13.8. The van der Waals surface area contributed by atoms with Crippen molar-refractivity contribution in [3.63, 3.8) is 0 Å². The van der Waals surface area contributed by atoms with Gasteiger partial charge in [-0.15, -0.1) is 11.3 Å². The van der Waals surface area contributed by atoms with E-state index in [1.807, 2.05) is 24.0 Å². The molecule has 0 bridgehead atoms. The Hall–Kier alpha value is -4.32. The number of halogens is 1. The van der Waals surface area contributed by atoms with E-state index < -0.39 is 23.2 Å². The number of rotatable bonds is 4. The number of carbonyl (C=O) groups is 2. The number of amides is 2. The van der Waals surface area contributed by atoms with E-state index in [4.69, 9.17) is 4.74 Å². The Labute approximate surface area is 234 Å². The number of nitrogens with one attached hydrogen (secondary N) is 1. The number of carbonyl (C=O) groups excluding carboxylic acids is 2. The van der Waals surface area contributed by atoms with Crippen LogP contribution in [0.15, 0.2) is 52.6 Å². The highest BCUT2D eigenvalue weighted by Gasteiger charge is 2.29. The molecule has 0 unspecified atom stereocenters. The highest BCUT2D eigenvalue weighted by molar-refractivity contribution is 7.16. The zero-order valence-corrected chi connectivity index (χ0v) is 23.4. The number of benzene rings is 1. The zero-order valence-electron chi connectivity index (χ0n) is 22.6. The van der Waals surface area contributed by atoms with Crippen LogP contribution in [0.2, 0.25) is 0 Å². The van der Waals surface area contributed by atoms with Gasteiger partial charge >= 0.3 is 6.09 Å². The van der Waals surface area contributed by atoms with Gasteiger partial charge in [0.15, 0.2) is 5.69 Å². The first-order chi connectivity index (χ1) is 19.0. The first-order valence-corrected chi connectivity index (χ1v) is 13.7. The second-order valence-electron chi connectivity index (χ2n) is 10.5. The summed E-state index contributed by atoms with van der Waals surface area (Å²) in [4.78, 5) is 47.6. The van der Waals surface area contributed by atoms with Crippen molar-refractivity contribution in [2.24, 2.45) is 0 Å². The fourth-order valence-corrected chi connectivity index (χ4v) is 5.34. The maximum atomic E-state index is 13.8. The molecule has 0 saturated carbocycles. The highest BCUT2D eigenvalue weighted by atomic mass is 32.1. The maximum Gasteiger partial charge on any atom is 0.412 e. The predicted octanol–water partition coefficient (Wildman–Crippen LogP) is 4.60. The number of aryl methyl sites for hydroxylation is 1. The molecule has 0 atom stereocenters. The summed E-state index contributed by atoms with van der Waals surface area (Å²) in [6.45, 7) is 8.79. The first kappa shape index (κ1) is 27.3. The van der Waals surface area contributed by atoms with Gasteiger partial charge in [-0.05, 0) is 52.0 Å². The topological polar surface area (TPSA) is 110 Å². The number of piperazine rings is 1. The minimum atomic E-state index is -0.731. The lowest BCUT2D eigenvalue weighted by atomic mass is 10.1. The minimum Gasteiger partial charge on any atom is -0.444 e. The van der Waals surface area contributed by atoms with Gasteiger partial charge in [-0.3, -0.25) is 14.9 Å². The molecule has 1 aromatic carbocycles. The molecule has 1 N–H and O–H groups in total. The number of thiophene rings is 1. The van der Waals surface area contributed by atoms with Crippen molar-refractivity contribution >= 4 is 44.9 Å². The Morgan fingerprint density at radius 3 is 2.40 bits per heavy atom. The van der Waals surface area contributed by atoms with Crippen molar-refractivity contribution in [1.82, 2.24) is 19.7 Å². The molecule has 1 aliphatic heterocycles. The van der Waals surface area contributed by atoms with Gasteiger partial charge in [0.05, 0.1) is 11.1 Å². The first-order valence-electron chi connectivity index (χ1n) is 12.8. The molecule has 5 rings (SSSR count). The summed E-state index contributed by atoms with van der Waals surface area (Å²) in [5.41, 5.74) is 0.391. The molecule has 208 valence electrons. The van der Waals surface area contributed by atoms with Crippen molar-refractivity contribution in [3.8, 4) is 5.69 Å². The van der Waals surface area contributed by atoms with Gasteiger partial charge in [0, 0.05) is 36.9 Å². The van der Waals surface area contributed by atoms with Crippen molar-refractivity contribution < 1.29 is 18.7 Å². The van der Waals surface area contributed by atoms with Crippen LogP contribution in [0.3, 0.4) is 0 Å². The molecule has 0 aliphatic carbocycles. The Morgan fingerprint density at radius 2 is 1.75 bits per heavy atom.